The van der Waals surface area contributed by atoms with Gasteiger partial charge in [-0.15, -0.1) is 0 Å². The summed E-state index contributed by atoms with van der Waals surface area (Å²) in [7, 11) is 0. The second-order valence-electron chi connectivity index (χ2n) is 3.71. The van der Waals surface area contributed by atoms with Crippen molar-refractivity contribution in [3.8, 4) is 6.07 Å². The third-order valence-electron chi connectivity index (χ3n) is 2.57. The average molecular weight is 267 g/mol. The van der Waals surface area contributed by atoms with Crippen LogP contribution in [-0.4, -0.2) is 20.4 Å². The summed E-state index contributed by atoms with van der Waals surface area (Å²) in [6, 6.07) is 2.24. The van der Waals surface area contributed by atoms with Gasteiger partial charge in [0.25, 0.3) is 0 Å². The van der Waals surface area contributed by atoms with Crippen LogP contribution in [0.5, 0.6) is 0 Å². The fourth-order valence-electron chi connectivity index (χ4n) is 1.93. The topological polar surface area (TPSA) is 52.9 Å². The van der Waals surface area contributed by atoms with Crippen molar-refractivity contribution in [3.05, 3.63) is 15.6 Å². The van der Waals surface area contributed by atoms with E-state index in [0.29, 0.717) is 0 Å². The number of nitriles is 1. The van der Waals surface area contributed by atoms with Gasteiger partial charge in [0.15, 0.2) is 0 Å². The molecule has 1 aromatic heterocycles. The van der Waals surface area contributed by atoms with Crippen LogP contribution in [0.4, 0.5) is 4.56 Å². The van der Waals surface area contributed by atoms with Crippen LogP contribution in [0.1, 0.15) is 35.3 Å². The van der Waals surface area contributed by atoms with Crippen LogP contribution in [-0.2, 0) is 17.6 Å². The van der Waals surface area contributed by atoms with Gasteiger partial charge in [-0.25, -0.2) is 0 Å². The van der Waals surface area contributed by atoms with Gasteiger partial charge >= 0.3 is 94.6 Å². The van der Waals surface area contributed by atoms with Crippen molar-refractivity contribution < 1.29 is 4.79 Å². The Kier molecular flexibility index (Phi) is 2.95. The van der Waals surface area contributed by atoms with Crippen molar-refractivity contribution >= 4 is 25.0 Å². The summed E-state index contributed by atoms with van der Waals surface area (Å²) in [4.78, 5) is 11.0. The van der Waals surface area contributed by atoms with Crippen LogP contribution in [0.15, 0.2) is 0 Å². The first kappa shape index (κ1) is 10.5. The van der Waals surface area contributed by atoms with E-state index < -0.39 is 0 Å². The van der Waals surface area contributed by atoms with Gasteiger partial charge in [-0.3, -0.25) is 0 Å². The third kappa shape index (κ3) is 1.99. The maximum atomic E-state index is 11.0. The molecule has 1 aliphatic carbocycles. The van der Waals surface area contributed by atoms with Crippen molar-refractivity contribution in [2.45, 2.75) is 32.6 Å². The second-order valence-corrected chi connectivity index (χ2v) is 6.03. The molecule has 0 fully saturated rings. The SMILES string of the molecule is CC(=O)Nc1[se]c2c(c1C#N)CCCC2. The van der Waals surface area contributed by atoms with E-state index in [2.05, 4.69) is 11.4 Å². The van der Waals surface area contributed by atoms with Crippen molar-refractivity contribution in [2.75, 3.05) is 5.32 Å². The van der Waals surface area contributed by atoms with Crippen LogP contribution in [0.25, 0.3) is 0 Å². The number of carbonyl (C=O) groups is 1. The molecule has 0 saturated heterocycles. The third-order valence-corrected chi connectivity index (χ3v) is 5.11. The Hall–Kier alpha value is -1.04. The predicted molar refractivity (Wildman–Crippen MR) is 59.0 cm³/mol. The molecule has 0 saturated carbocycles. The molecule has 0 unspecified atom stereocenters. The van der Waals surface area contributed by atoms with Crippen molar-refractivity contribution in [3.63, 3.8) is 0 Å². The number of hydrogen-bond donors (Lipinski definition) is 1. The monoisotopic (exact) mass is 268 g/mol. The number of nitrogens with zero attached hydrogens (tertiary/aromatic N) is 1. The molecule has 1 amide bonds. The molecule has 4 heteroatoms. The van der Waals surface area contributed by atoms with Gasteiger partial charge in [0.2, 0.25) is 0 Å². The molecule has 1 heterocycles. The molecule has 0 spiro atoms. The fraction of sp³-hybridized carbons (Fsp3) is 0.455. The Morgan fingerprint density at radius 1 is 1.47 bits per heavy atom. The number of amides is 1. The van der Waals surface area contributed by atoms with Gasteiger partial charge in [-0.05, 0) is 0 Å². The van der Waals surface area contributed by atoms with Crippen LogP contribution in [0.3, 0.4) is 0 Å². The van der Waals surface area contributed by atoms with Gasteiger partial charge in [0.05, 0.1) is 0 Å². The zero-order chi connectivity index (χ0) is 10.8. The predicted octanol–water partition coefficient (Wildman–Crippen LogP) is 1.45. The molecule has 0 atom stereocenters. The Morgan fingerprint density at radius 3 is 2.87 bits per heavy atom. The molecule has 1 aliphatic rings. The van der Waals surface area contributed by atoms with Crippen LogP contribution >= 0.6 is 0 Å². The summed E-state index contributed by atoms with van der Waals surface area (Å²) in [5.74, 6) is -0.0699. The average Bonchev–Trinajstić information content (AvgIpc) is 2.53. The number of nitrogens with one attached hydrogen (secondary N) is 1. The van der Waals surface area contributed by atoms with Crippen LogP contribution in [0.2, 0.25) is 0 Å². The summed E-state index contributed by atoms with van der Waals surface area (Å²) in [5, 5.41) is 11.9. The Bertz CT molecular complexity index is 442. The standard InChI is InChI=1S/C11H12N2OSe/c1-7(14)13-11-9(6-12)8-4-2-3-5-10(8)15-11/h2-5H2,1H3,(H,13,14). The van der Waals surface area contributed by atoms with E-state index >= 15 is 0 Å². The summed E-state index contributed by atoms with van der Waals surface area (Å²) in [6.07, 6.45) is 4.53. The van der Waals surface area contributed by atoms with Crippen molar-refractivity contribution in [2.24, 2.45) is 0 Å². The number of carbonyl (C=O) groups excluding carboxylic acids is 1. The first-order chi connectivity index (χ1) is 7.22. The van der Waals surface area contributed by atoms with Gasteiger partial charge < -0.3 is 0 Å². The molecule has 2 rings (SSSR count). The quantitative estimate of drug-likeness (QED) is 0.783. The Morgan fingerprint density at radius 2 is 2.20 bits per heavy atom. The first-order valence-corrected chi connectivity index (χ1v) is 6.76. The van der Waals surface area contributed by atoms with E-state index in [4.69, 9.17) is 5.26 Å². The van der Waals surface area contributed by atoms with Crippen molar-refractivity contribution in [1.82, 2.24) is 0 Å². The number of rotatable bonds is 1. The van der Waals surface area contributed by atoms with Crippen LogP contribution in [0, 0.1) is 11.3 Å². The maximum absolute atomic E-state index is 11.0. The van der Waals surface area contributed by atoms with E-state index in [1.165, 1.54) is 29.8 Å². The molecule has 78 valence electrons. The summed E-state index contributed by atoms with van der Waals surface area (Å²) < 4.78 is 2.30. The van der Waals surface area contributed by atoms with E-state index in [9.17, 15) is 4.79 Å². The van der Waals surface area contributed by atoms with E-state index in [0.717, 1.165) is 23.0 Å². The Balaban J connectivity index is 2.43. The van der Waals surface area contributed by atoms with Gasteiger partial charge in [-0.2, -0.15) is 0 Å². The summed E-state index contributed by atoms with van der Waals surface area (Å²) >= 11 is 0.187. The molecular formula is C11H12N2OSe. The molecule has 0 bridgehead atoms. The van der Waals surface area contributed by atoms with Crippen molar-refractivity contribution in [1.29, 1.82) is 5.26 Å². The van der Waals surface area contributed by atoms with Crippen LogP contribution < -0.4 is 5.32 Å². The van der Waals surface area contributed by atoms with E-state index in [1.54, 1.807) is 0 Å². The normalized spacial score (nSPS) is 14.1. The molecule has 1 aromatic rings. The molecule has 0 aromatic carbocycles. The Labute approximate surface area is 94.8 Å². The molecule has 1 N–H and O–H groups in total. The van der Waals surface area contributed by atoms with Gasteiger partial charge in [0, 0.05) is 0 Å². The number of aryl methyl sites for hydroxylation is 1. The summed E-state index contributed by atoms with van der Waals surface area (Å²) in [6.45, 7) is 1.50. The molecule has 0 radical (unpaired) electrons. The zero-order valence-corrected chi connectivity index (χ0v) is 10.3. The fourth-order valence-corrected chi connectivity index (χ4v) is 4.63. The zero-order valence-electron chi connectivity index (χ0n) is 8.59. The van der Waals surface area contributed by atoms with E-state index in [-0.39, 0.29) is 20.4 Å². The second kappa shape index (κ2) is 4.22. The number of fused-ring (bicyclic) bond motifs is 1. The molecule has 15 heavy (non-hydrogen) atoms. The molecular weight excluding hydrogens is 255 g/mol. The molecule has 3 nitrogen and oxygen atoms in total. The number of hydrogen-bond acceptors (Lipinski definition) is 2. The minimum absolute atomic E-state index is 0.0699. The van der Waals surface area contributed by atoms with Gasteiger partial charge in [-0.1, -0.05) is 0 Å². The summed E-state index contributed by atoms with van der Waals surface area (Å²) in [5.41, 5.74) is 1.98. The number of anilines is 1. The first-order valence-electron chi connectivity index (χ1n) is 5.04. The van der Waals surface area contributed by atoms with E-state index in [1.807, 2.05) is 0 Å². The minimum atomic E-state index is -0.0699. The molecule has 0 aliphatic heterocycles. The van der Waals surface area contributed by atoms with Gasteiger partial charge in [0.1, 0.15) is 0 Å².